The Morgan fingerprint density at radius 2 is 1.57 bits per heavy atom. The first-order chi connectivity index (χ1) is 22.4. The molecule has 4 N–H and O–H groups in total. The van der Waals surface area contributed by atoms with Crippen molar-refractivity contribution in [2.24, 2.45) is 10.7 Å². The van der Waals surface area contributed by atoms with E-state index in [1.165, 1.54) is 4.90 Å². The molecule has 46 heavy (non-hydrogen) atoms. The quantitative estimate of drug-likeness (QED) is 0.0919. The lowest BCUT2D eigenvalue weighted by molar-refractivity contribution is -0.118. The summed E-state index contributed by atoms with van der Waals surface area (Å²) in [5, 5.41) is 12.7. The number of aryl methyl sites for hydroxylation is 2. The summed E-state index contributed by atoms with van der Waals surface area (Å²) >= 11 is 1.70. The van der Waals surface area contributed by atoms with E-state index < -0.39 is 0 Å². The first-order valence-electron chi connectivity index (χ1n) is 16.1. The maximum Gasteiger partial charge on any atom is 0.210 e. The number of phenolic OH excluding ortho intramolecular Hbond substituents is 1. The minimum Gasteiger partial charge on any atom is -0.508 e. The summed E-state index contributed by atoms with van der Waals surface area (Å²) in [6, 6.07) is 11.8. The average Bonchev–Trinajstić information content (AvgIpc) is 3.59. The number of carbonyl (C=O) groups is 1. The Labute approximate surface area is 279 Å². The molecule has 0 saturated carbocycles. The third-order valence-electron chi connectivity index (χ3n) is 6.85. The first kappa shape index (κ1) is 39.5. The van der Waals surface area contributed by atoms with Gasteiger partial charge in [0.05, 0.1) is 39.6 Å². The van der Waals surface area contributed by atoms with E-state index in [0.717, 1.165) is 80.2 Å². The first-order valence-corrected chi connectivity index (χ1v) is 16.9. The van der Waals surface area contributed by atoms with Gasteiger partial charge in [-0.15, -0.1) is 0 Å². The van der Waals surface area contributed by atoms with E-state index in [2.05, 4.69) is 21.7 Å². The molecule has 0 spiro atoms. The fourth-order valence-corrected chi connectivity index (χ4v) is 5.35. The third kappa shape index (κ3) is 16.7. The second-order valence-electron chi connectivity index (χ2n) is 10.8. The van der Waals surface area contributed by atoms with Crippen molar-refractivity contribution in [3.63, 3.8) is 0 Å². The van der Waals surface area contributed by atoms with Crippen molar-refractivity contribution in [3.8, 4) is 5.75 Å². The number of hydrogen-bond donors (Lipinski definition) is 3. The summed E-state index contributed by atoms with van der Waals surface area (Å²) in [5.74, 6) is 1.28. The van der Waals surface area contributed by atoms with Crippen molar-refractivity contribution >= 4 is 24.2 Å². The molecule has 0 unspecified atom stereocenters. The van der Waals surface area contributed by atoms with Crippen LogP contribution in [0.3, 0.4) is 0 Å². The maximum absolute atomic E-state index is 11.3. The molecule has 1 aliphatic rings. The summed E-state index contributed by atoms with van der Waals surface area (Å²) in [4.78, 5) is 18.7. The van der Waals surface area contributed by atoms with Crippen LogP contribution in [0, 0.1) is 13.8 Å². The van der Waals surface area contributed by atoms with Gasteiger partial charge in [0.15, 0.2) is 0 Å². The van der Waals surface area contributed by atoms with Gasteiger partial charge >= 0.3 is 0 Å². The Morgan fingerprint density at radius 1 is 0.935 bits per heavy atom. The Kier molecular flexibility index (Phi) is 21.0. The molecule has 11 nitrogen and oxygen atoms in total. The van der Waals surface area contributed by atoms with Gasteiger partial charge < -0.3 is 40.0 Å². The number of nitrogens with two attached hydrogens (primary N) is 1. The van der Waals surface area contributed by atoms with E-state index in [0.29, 0.717) is 65.0 Å². The third-order valence-corrected chi connectivity index (χ3v) is 8.17. The largest absolute Gasteiger partial charge is 0.508 e. The Hall–Kier alpha value is -2.71. The second kappa shape index (κ2) is 24.5. The summed E-state index contributed by atoms with van der Waals surface area (Å²) in [7, 11) is 2.05. The molecule has 3 rings (SSSR count). The molecule has 1 heterocycles. The van der Waals surface area contributed by atoms with Crippen LogP contribution in [0.2, 0.25) is 0 Å². The van der Waals surface area contributed by atoms with Gasteiger partial charge in [-0.25, -0.2) is 4.31 Å². The van der Waals surface area contributed by atoms with Crippen molar-refractivity contribution in [1.29, 1.82) is 0 Å². The molecule has 0 bridgehead atoms. The molecule has 2 aromatic carbocycles. The molecule has 0 radical (unpaired) electrons. The van der Waals surface area contributed by atoms with Gasteiger partial charge in [-0.3, -0.25) is 9.79 Å². The lowest BCUT2D eigenvalue weighted by atomic mass is 10.1. The molecule has 0 fully saturated rings. The lowest BCUT2D eigenvalue weighted by Gasteiger charge is -2.18. The van der Waals surface area contributed by atoms with E-state index in [4.69, 9.17) is 24.7 Å². The second-order valence-corrected chi connectivity index (χ2v) is 12.0. The van der Waals surface area contributed by atoms with E-state index in [9.17, 15) is 9.90 Å². The van der Waals surface area contributed by atoms with Crippen molar-refractivity contribution in [1.82, 2.24) is 14.5 Å². The molecular weight excluding hydrogens is 606 g/mol. The number of aromatic hydroxyl groups is 1. The highest BCUT2D eigenvalue weighted by molar-refractivity contribution is 7.97. The van der Waals surface area contributed by atoms with Crippen LogP contribution in [0.25, 0.3) is 0 Å². The molecule has 1 amide bonds. The number of benzene rings is 2. The number of rotatable bonds is 23. The van der Waals surface area contributed by atoms with E-state index in [1.54, 1.807) is 29.0 Å². The Morgan fingerprint density at radius 3 is 2.13 bits per heavy atom. The number of likely N-dealkylation sites (N-methyl/N-ethyl adjacent to an activating group) is 1. The van der Waals surface area contributed by atoms with Crippen LogP contribution in [-0.2, 0) is 30.3 Å². The topological polar surface area (TPSA) is 131 Å². The van der Waals surface area contributed by atoms with Crippen LogP contribution in [0.1, 0.15) is 42.0 Å². The highest BCUT2D eigenvalue weighted by Crippen LogP contribution is 2.31. The molecule has 0 saturated heterocycles. The smallest absolute Gasteiger partial charge is 0.210 e. The van der Waals surface area contributed by atoms with Crippen molar-refractivity contribution in [2.75, 3.05) is 92.6 Å². The molecule has 258 valence electrons. The van der Waals surface area contributed by atoms with Gasteiger partial charge in [0.2, 0.25) is 6.41 Å². The molecule has 1 aliphatic heterocycles. The summed E-state index contributed by atoms with van der Waals surface area (Å²) < 4.78 is 23.8. The van der Waals surface area contributed by atoms with Gasteiger partial charge in [0.25, 0.3) is 0 Å². The Balaban J connectivity index is 0.000000368. The van der Waals surface area contributed by atoms with Gasteiger partial charge in [-0.2, -0.15) is 0 Å². The lowest BCUT2D eigenvalue weighted by Crippen LogP contribution is -2.24. The zero-order chi connectivity index (χ0) is 33.4. The summed E-state index contributed by atoms with van der Waals surface area (Å²) in [6.07, 6.45) is 2.56. The maximum atomic E-state index is 11.3. The van der Waals surface area contributed by atoms with Crippen molar-refractivity contribution in [2.45, 2.75) is 45.1 Å². The number of amidine groups is 1. The number of ether oxygens (including phenoxy) is 4. The SMILES string of the molecule is CCOCCN(C)Sc1c(C)cc(O)cc1C.NCCCOCCOCCOCCCN(C=O)Cc1ccc(C2=NCCN2)cc1. The van der Waals surface area contributed by atoms with Crippen LogP contribution in [0.5, 0.6) is 5.75 Å². The van der Waals surface area contributed by atoms with Crippen LogP contribution < -0.4 is 11.1 Å². The highest BCUT2D eigenvalue weighted by Gasteiger charge is 2.10. The normalized spacial score (nSPS) is 12.4. The fourth-order valence-electron chi connectivity index (χ4n) is 4.47. The fraction of sp³-hybridized carbons (Fsp3) is 0.588. The predicted octanol–water partition coefficient (Wildman–Crippen LogP) is 3.77. The highest BCUT2D eigenvalue weighted by atomic mass is 32.2. The molecular formula is C34H55N5O6S. The van der Waals surface area contributed by atoms with E-state index in [1.807, 2.05) is 45.0 Å². The standard InChI is InChI=1S/C21H34N4O4.C13H21NO2S/c22-7-1-11-27-13-15-29-16-14-28-12-2-10-25(18-26)17-19-3-5-20(6-4-19)21-23-8-9-24-21;1-5-16-7-6-14(4)17-13-10(2)8-12(15)9-11(13)3/h3-6,18H,1-2,7-17,22H2,(H,23,24);8-9,15H,5-7H2,1-4H3. The van der Waals surface area contributed by atoms with Gasteiger partial charge in [-0.1, -0.05) is 24.3 Å². The zero-order valence-corrected chi connectivity index (χ0v) is 29.0. The van der Waals surface area contributed by atoms with E-state index >= 15 is 0 Å². The van der Waals surface area contributed by atoms with Crippen LogP contribution in [0.15, 0.2) is 46.3 Å². The number of nitrogens with one attached hydrogen (secondary N) is 1. The van der Waals surface area contributed by atoms with Gasteiger partial charge in [-0.05, 0) is 88.0 Å². The van der Waals surface area contributed by atoms with E-state index in [-0.39, 0.29) is 0 Å². The monoisotopic (exact) mass is 661 g/mol. The minimum absolute atomic E-state index is 0.335. The molecule has 12 heteroatoms. The van der Waals surface area contributed by atoms with Crippen LogP contribution in [-0.4, -0.2) is 119 Å². The van der Waals surface area contributed by atoms with Gasteiger partial charge in [0, 0.05) is 56.5 Å². The number of aliphatic imine (C=N–C) groups is 1. The average molecular weight is 662 g/mol. The summed E-state index contributed by atoms with van der Waals surface area (Å²) in [6.45, 7) is 15.6. The van der Waals surface area contributed by atoms with Gasteiger partial charge in [0.1, 0.15) is 11.6 Å². The number of carbonyl (C=O) groups excluding carboxylic acids is 1. The zero-order valence-electron chi connectivity index (χ0n) is 28.2. The predicted molar refractivity (Wildman–Crippen MR) is 186 cm³/mol. The summed E-state index contributed by atoms with van der Waals surface area (Å²) in [5.41, 5.74) is 9.78. The number of amides is 1. The van der Waals surface area contributed by atoms with Crippen molar-refractivity contribution in [3.05, 3.63) is 58.7 Å². The Bertz CT molecular complexity index is 1110. The van der Waals surface area contributed by atoms with Crippen LogP contribution in [0.4, 0.5) is 0 Å². The molecule has 0 aliphatic carbocycles. The molecule has 0 atom stereocenters. The van der Waals surface area contributed by atoms with Crippen LogP contribution >= 0.6 is 11.9 Å². The minimum atomic E-state index is 0.335. The number of nitrogens with zero attached hydrogens (tertiary/aromatic N) is 3. The molecule has 2 aromatic rings. The number of hydrogen-bond acceptors (Lipinski definition) is 11. The van der Waals surface area contributed by atoms with Crippen molar-refractivity contribution < 1.29 is 28.8 Å². The molecule has 0 aromatic heterocycles. The number of phenols is 1.